The zero-order valence-corrected chi connectivity index (χ0v) is 14.7. The molecule has 2 nitrogen and oxygen atoms in total. The highest BCUT2D eigenvalue weighted by Gasteiger charge is 2.18. The van der Waals surface area contributed by atoms with Gasteiger partial charge in [0.05, 0.1) is 14.6 Å². The Balaban J connectivity index is 1.76. The first-order valence-corrected chi connectivity index (χ1v) is 9.58. The van der Waals surface area contributed by atoms with Gasteiger partial charge >= 0.3 is 0 Å². The van der Waals surface area contributed by atoms with Crippen molar-refractivity contribution in [3.8, 4) is 0 Å². The zero-order valence-electron chi connectivity index (χ0n) is 11.5. The molecule has 114 valence electrons. The van der Waals surface area contributed by atoms with Gasteiger partial charge in [0, 0.05) is 22.8 Å². The van der Waals surface area contributed by atoms with Crippen LogP contribution in [0.3, 0.4) is 0 Å². The van der Waals surface area contributed by atoms with Crippen molar-refractivity contribution < 1.29 is 4.79 Å². The van der Waals surface area contributed by atoms with E-state index in [1.54, 1.807) is 18.2 Å². The third-order valence-corrected chi connectivity index (χ3v) is 7.06. The minimum atomic E-state index is -0.192. The van der Waals surface area contributed by atoms with Crippen molar-refractivity contribution >= 4 is 58.3 Å². The van der Waals surface area contributed by atoms with Crippen LogP contribution in [0.25, 0.3) is 0 Å². The van der Waals surface area contributed by atoms with Crippen molar-refractivity contribution in [2.75, 3.05) is 16.8 Å². The number of amides is 1. The van der Waals surface area contributed by atoms with E-state index in [1.807, 2.05) is 41.7 Å². The number of hydrogen-bond donors (Lipinski definition) is 1. The third-order valence-electron chi connectivity index (χ3n) is 3.22. The van der Waals surface area contributed by atoms with Gasteiger partial charge in [-0.05, 0) is 35.9 Å². The molecular weight excluding hydrogens is 357 g/mol. The molecule has 0 bridgehead atoms. The fraction of sp³-hybridized carbons (Fsp3) is 0.188. The molecule has 22 heavy (non-hydrogen) atoms. The summed E-state index contributed by atoms with van der Waals surface area (Å²) in [7, 11) is 0. The van der Waals surface area contributed by atoms with E-state index in [9.17, 15) is 4.79 Å². The lowest BCUT2D eigenvalue weighted by Crippen LogP contribution is -2.12. The minimum Gasteiger partial charge on any atom is -0.322 e. The summed E-state index contributed by atoms with van der Waals surface area (Å²) < 4.78 is 0.460. The Morgan fingerprint density at radius 2 is 1.82 bits per heavy atom. The first-order valence-electron chi connectivity index (χ1n) is 6.73. The Morgan fingerprint density at radius 1 is 1.05 bits per heavy atom. The Hall–Kier alpha value is -0.810. The molecule has 2 aromatic carbocycles. The number of thioether (sulfide) groups is 2. The van der Waals surface area contributed by atoms with Crippen LogP contribution in [0, 0.1) is 0 Å². The number of rotatable bonds is 3. The normalized spacial score (nSPS) is 15.0. The lowest BCUT2D eigenvalue weighted by atomic mass is 10.2. The van der Waals surface area contributed by atoms with Crippen molar-refractivity contribution in [1.29, 1.82) is 0 Å². The van der Waals surface area contributed by atoms with Gasteiger partial charge in [0.2, 0.25) is 0 Å². The molecule has 1 amide bonds. The first-order chi connectivity index (χ1) is 10.6. The van der Waals surface area contributed by atoms with E-state index in [-0.39, 0.29) is 5.91 Å². The summed E-state index contributed by atoms with van der Waals surface area (Å²) in [6, 6.07) is 12.9. The van der Waals surface area contributed by atoms with Gasteiger partial charge in [-0.2, -0.15) is 0 Å². The molecular formula is C16H13Cl2NOS2. The maximum Gasteiger partial charge on any atom is 0.255 e. The van der Waals surface area contributed by atoms with Crippen LogP contribution in [-0.2, 0) is 0 Å². The van der Waals surface area contributed by atoms with Crippen molar-refractivity contribution in [2.45, 2.75) is 4.58 Å². The predicted octanol–water partition coefficient (Wildman–Crippen LogP) is 5.72. The molecule has 0 atom stereocenters. The Kier molecular flexibility index (Phi) is 5.24. The quantitative estimate of drug-likeness (QED) is 0.749. The van der Waals surface area contributed by atoms with Gasteiger partial charge in [-0.25, -0.2) is 0 Å². The van der Waals surface area contributed by atoms with Crippen molar-refractivity contribution in [1.82, 2.24) is 0 Å². The second-order valence-electron chi connectivity index (χ2n) is 4.78. The lowest BCUT2D eigenvalue weighted by molar-refractivity contribution is 0.102. The zero-order chi connectivity index (χ0) is 15.5. The molecule has 3 rings (SSSR count). The molecule has 1 fully saturated rings. The van der Waals surface area contributed by atoms with Crippen LogP contribution in [-0.4, -0.2) is 17.4 Å². The molecule has 1 heterocycles. The molecule has 0 unspecified atom stereocenters. The van der Waals surface area contributed by atoms with Crippen LogP contribution in [0.15, 0.2) is 42.5 Å². The number of nitrogens with one attached hydrogen (secondary N) is 1. The summed E-state index contributed by atoms with van der Waals surface area (Å²) >= 11 is 15.7. The Labute approximate surface area is 148 Å². The smallest absolute Gasteiger partial charge is 0.255 e. The van der Waals surface area contributed by atoms with E-state index >= 15 is 0 Å². The van der Waals surface area contributed by atoms with Crippen LogP contribution in [0.2, 0.25) is 10.0 Å². The van der Waals surface area contributed by atoms with E-state index in [1.165, 1.54) is 17.1 Å². The van der Waals surface area contributed by atoms with Gasteiger partial charge in [0.15, 0.2) is 0 Å². The maximum atomic E-state index is 12.3. The van der Waals surface area contributed by atoms with E-state index in [0.717, 1.165) is 5.69 Å². The fourth-order valence-corrected chi connectivity index (χ4v) is 5.29. The molecule has 1 N–H and O–H groups in total. The van der Waals surface area contributed by atoms with Crippen LogP contribution in [0.4, 0.5) is 5.69 Å². The van der Waals surface area contributed by atoms with Gasteiger partial charge in [-0.15, -0.1) is 23.5 Å². The predicted molar refractivity (Wildman–Crippen MR) is 98.5 cm³/mol. The lowest BCUT2D eigenvalue weighted by Gasteiger charge is -2.11. The molecule has 1 aliphatic heterocycles. The molecule has 6 heteroatoms. The standard InChI is InChI=1S/C16H13Cl2NOS2/c17-13-5-4-10(9-14(13)18)15(20)19-12-3-1-2-11(8-12)16-21-6-7-22-16/h1-5,8-9,16H,6-7H2,(H,19,20). The van der Waals surface area contributed by atoms with Gasteiger partial charge in [0.1, 0.15) is 0 Å². The van der Waals surface area contributed by atoms with E-state index < -0.39 is 0 Å². The van der Waals surface area contributed by atoms with E-state index in [2.05, 4.69) is 11.4 Å². The number of carbonyl (C=O) groups is 1. The number of hydrogen-bond acceptors (Lipinski definition) is 3. The van der Waals surface area contributed by atoms with Gasteiger partial charge in [-0.3, -0.25) is 4.79 Å². The van der Waals surface area contributed by atoms with Crippen LogP contribution in [0.1, 0.15) is 20.5 Å². The summed E-state index contributed by atoms with van der Waals surface area (Å²) in [6.45, 7) is 0. The molecule has 0 aliphatic carbocycles. The Morgan fingerprint density at radius 3 is 2.55 bits per heavy atom. The molecule has 1 aliphatic rings. The number of carbonyl (C=O) groups excluding carboxylic acids is 1. The molecule has 0 radical (unpaired) electrons. The second kappa shape index (κ2) is 7.18. The molecule has 0 spiro atoms. The maximum absolute atomic E-state index is 12.3. The number of benzene rings is 2. The largest absolute Gasteiger partial charge is 0.322 e. The highest BCUT2D eigenvalue weighted by Crippen LogP contribution is 2.45. The van der Waals surface area contributed by atoms with Crippen molar-refractivity contribution in [3.63, 3.8) is 0 Å². The molecule has 2 aromatic rings. The minimum absolute atomic E-state index is 0.192. The van der Waals surface area contributed by atoms with E-state index in [0.29, 0.717) is 20.2 Å². The van der Waals surface area contributed by atoms with Crippen LogP contribution in [0.5, 0.6) is 0 Å². The topological polar surface area (TPSA) is 29.1 Å². The molecule has 0 aromatic heterocycles. The second-order valence-corrected chi connectivity index (χ2v) is 8.32. The SMILES string of the molecule is O=C(Nc1cccc(C2SCCS2)c1)c1ccc(Cl)c(Cl)c1. The summed E-state index contributed by atoms with van der Waals surface area (Å²) in [5.41, 5.74) is 2.52. The molecule has 1 saturated heterocycles. The highest BCUT2D eigenvalue weighted by molar-refractivity contribution is 8.19. The van der Waals surface area contributed by atoms with Crippen LogP contribution < -0.4 is 5.32 Å². The number of anilines is 1. The summed E-state index contributed by atoms with van der Waals surface area (Å²) in [6.07, 6.45) is 0. The van der Waals surface area contributed by atoms with Crippen LogP contribution >= 0.6 is 46.7 Å². The van der Waals surface area contributed by atoms with Gasteiger partial charge in [-0.1, -0.05) is 35.3 Å². The summed E-state index contributed by atoms with van der Waals surface area (Å²) in [5.74, 6) is 2.16. The average Bonchev–Trinajstić information content (AvgIpc) is 3.04. The average molecular weight is 370 g/mol. The van der Waals surface area contributed by atoms with E-state index in [4.69, 9.17) is 23.2 Å². The summed E-state index contributed by atoms with van der Waals surface area (Å²) in [5, 5.41) is 3.73. The number of halogens is 2. The summed E-state index contributed by atoms with van der Waals surface area (Å²) in [4.78, 5) is 12.3. The van der Waals surface area contributed by atoms with Gasteiger partial charge in [0.25, 0.3) is 5.91 Å². The van der Waals surface area contributed by atoms with Gasteiger partial charge < -0.3 is 5.32 Å². The third kappa shape index (κ3) is 3.74. The van der Waals surface area contributed by atoms with Crippen molar-refractivity contribution in [3.05, 3.63) is 63.6 Å². The monoisotopic (exact) mass is 369 g/mol. The highest BCUT2D eigenvalue weighted by atomic mass is 35.5. The fourth-order valence-electron chi connectivity index (χ4n) is 2.15. The first kappa shape index (κ1) is 16.1. The Bertz CT molecular complexity index is 702. The van der Waals surface area contributed by atoms with Crippen molar-refractivity contribution in [2.24, 2.45) is 0 Å². The molecule has 0 saturated carbocycles.